The molecule has 0 amide bonds. The monoisotopic (exact) mass is 251 g/mol. The molecule has 0 spiro atoms. The zero-order chi connectivity index (χ0) is 12.5. The minimum atomic E-state index is -0.748. The van der Waals surface area contributed by atoms with E-state index in [1.165, 1.54) is 25.0 Å². The van der Waals surface area contributed by atoms with Crippen LogP contribution in [0.15, 0.2) is 24.3 Å². The summed E-state index contributed by atoms with van der Waals surface area (Å²) in [6, 6.07) is 6.64. The number of nitrogens with zero attached hydrogens (tertiary/aromatic N) is 1. The maximum absolute atomic E-state index is 13.1. The number of morpholine rings is 1. The van der Waals surface area contributed by atoms with Crippen LogP contribution in [0.2, 0.25) is 0 Å². The quantitative estimate of drug-likeness (QED) is 0.868. The summed E-state index contributed by atoms with van der Waals surface area (Å²) in [5.74, 6) is -0.318. The molecule has 3 unspecified atom stereocenters. The number of aliphatic hydroxyl groups is 1. The fraction of sp³-hybridized carbons (Fsp3) is 0.571. The van der Waals surface area contributed by atoms with Crippen molar-refractivity contribution in [1.82, 2.24) is 4.90 Å². The van der Waals surface area contributed by atoms with Gasteiger partial charge < -0.3 is 9.84 Å². The van der Waals surface area contributed by atoms with Crippen LogP contribution in [0.4, 0.5) is 4.39 Å². The largest absolute Gasteiger partial charge is 0.386 e. The van der Waals surface area contributed by atoms with E-state index in [1.54, 1.807) is 12.1 Å². The van der Waals surface area contributed by atoms with Gasteiger partial charge in [0.1, 0.15) is 18.0 Å². The Morgan fingerprint density at radius 3 is 3.17 bits per heavy atom. The molecule has 0 radical (unpaired) electrons. The van der Waals surface area contributed by atoms with Gasteiger partial charge in [-0.15, -0.1) is 0 Å². The molecule has 98 valence electrons. The van der Waals surface area contributed by atoms with Crippen molar-refractivity contribution in [3.05, 3.63) is 35.6 Å². The number of hydrogen-bond acceptors (Lipinski definition) is 3. The summed E-state index contributed by atoms with van der Waals surface area (Å²) in [5, 5.41) is 10.3. The second-order valence-electron chi connectivity index (χ2n) is 5.16. The third-order valence-electron chi connectivity index (χ3n) is 3.96. The average molecular weight is 251 g/mol. The molecule has 2 aliphatic heterocycles. The highest BCUT2D eigenvalue weighted by molar-refractivity contribution is 5.20. The molecule has 0 bridgehead atoms. The van der Waals surface area contributed by atoms with Gasteiger partial charge in [-0.2, -0.15) is 0 Å². The van der Waals surface area contributed by atoms with Crippen LogP contribution in [-0.4, -0.2) is 41.8 Å². The van der Waals surface area contributed by atoms with Gasteiger partial charge in [0.2, 0.25) is 0 Å². The molecule has 0 saturated carbocycles. The fourth-order valence-corrected chi connectivity index (χ4v) is 2.94. The number of aliphatic hydroxyl groups excluding tert-OH is 1. The van der Waals surface area contributed by atoms with Gasteiger partial charge in [0, 0.05) is 12.6 Å². The first-order chi connectivity index (χ1) is 8.74. The fourth-order valence-electron chi connectivity index (χ4n) is 2.94. The van der Waals surface area contributed by atoms with Crippen molar-refractivity contribution in [3.8, 4) is 0 Å². The van der Waals surface area contributed by atoms with Crippen molar-refractivity contribution in [2.45, 2.75) is 31.1 Å². The van der Waals surface area contributed by atoms with Crippen LogP contribution in [0.1, 0.15) is 24.5 Å². The molecule has 2 aliphatic rings. The van der Waals surface area contributed by atoms with Gasteiger partial charge in [0.25, 0.3) is 0 Å². The van der Waals surface area contributed by atoms with Crippen molar-refractivity contribution >= 4 is 0 Å². The summed E-state index contributed by atoms with van der Waals surface area (Å²) >= 11 is 0. The molecular formula is C14H18FNO2. The smallest absolute Gasteiger partial charge is 0.123 e. The highest BCUT2D eigenvalue weighted by atomic mass is 19.1. The lowest BCUT2D eigenvalue weighted by Gasteiger charge is -2.37. The van der Waals surface area contributed by atoms with Crippen LogP contribution in [0.25, 0.3) is 0 Å². The third kappa shape index (κ3) is 2.28. The molecule has 3 rings (SSSR count). The Bertz CT molecular complexity index is 426. The molecule has 2 fully saturated rings. The Balaban J connectivity index is 1.71. The molecule has 1 N–H and O–H groups in total. The minimum absolute atomic E-state index is 0.249. The molecule has 0 aliphatic carbocycles. The third-order valence-corrected chi connectivity index (χ3v) is 3.96. The number of rotatable bonds is 2. The maximum Gasteiger partial charge on any atom is 0.123 e. The molecule has 3 atom stereocenters. The summed E-state index contributed by atoms with van der Waals surface area (Å²) in [7, 11) is 0. The Labute approximate surface area is 106 Å². The highest BCUT2D eigenvalue weighted by Gasteiger charge is 2.35. The van der Waals surface area contributed by atoms with Crippen LogP contribution in [0.3, 0.4) is 0 Å². The van der Waals surface area contributed by atoms with E-state index in [1.807, 2.05) is 0 Å². The van der Waals surface area contributed by atoms with E-state index in [0.717, 1.165) is 13.1 Å². The maximum atomic E-state index is 13.1. The SMILES string of the molecule is OC(c1cccc(F)c1)C1CN2CCCC2CO1. The highest BCUT2D eigenvalue weighted by Crippen LogP contribution is 2.28. The summed E-state index contributed by atoms with van der Waals surface area (Å²) in [6.07, 6.45) is 1.39. The van der Waals surface area contributed by atoms with Gasteiger partial charge >= 0.3 is 0 Å². The second-order valence-corrected chi connectivity index (χ2v) is 5.16. The molecule has 2 saturated heterocycles. The Morgan fingerprint density at radius 1 is 1.44 bits per heavy atom. The second kappa shape index (κ2) is 4.96. The van der Waals surface area contributed by atoms with Gasteiger partial charge in [-0.25, -0.2) is 4.39 Å². The molecule has 1 aromatic rings. The number of fused-ring (bicyclic) bond motifs is 1. The molecule has 2 heterocycles. The van der Waals surface area contributed by atoms with Gasteiger partial charge in [0.15, 0.2) is 0 Å². The predicted octanol–water partition coefficient (Wildman–Crippen LogP) is 1.72. The lowest BCUT2D eigenvalue weighted by Crippen LogP contribution is -2.48. The standard InChI is InChI=1S/C14H18FNO2/c15-11-4-1-3-10(7-11)14(17)13-8-16-6-2-5-12(16)9-18-13/h1,3-4,7,12-14,17H,2,5-6,8-9H2. The van der Waals surface area contributed by atoms with E-state index in [4.69, 9.17) is 4.74 Å². The van der Waals surface area contributed by atoms with Crippen molar-refractivity contribution in [2.24, 2.45) is 0 Å². The van der Waals surface area contributed by atoms with Crippen LogP contribution < -0.4 is 0 Å². The number of benzene rings is 1. The van der Waals surface area contributed by atoms with Crippen LogP contribution >= 0.6 is 0 Å². The first-order valence-corrected chi connectivity index (χ1v) is 6.53. The lowest BCUT2D eigenvalue weighted by molar-refractivity contribution is -0.103. The predicted molar refractivity (Wildman–Crippen MR) is 65.7 cm³/mol. The Morgan fingerprint density at radius 2 is 2.33 bits per heavy atom. The summed E-state index contributed by atoms with van der Waals surface area (Å²) in [5.41, 5.74) is 0.595. The normalized spacial score (nSPS) is 30.1. The van der Waals surface area contributed by atoms with Crippen LogP contribution in [0, 0.1) is 5.82 Å². The van der Waals surface area contributed by atoms with E-state index in [0.29, 0.717) is 18.2 Å². The lowest BCUT2D eigenvalue weighted by atomic mass is 10.0. The first kappa shape index (κ1) is 12.1. The van der Waals surface area contributed by atoms with E-state index in [9.17, 15) is 9.50 Å². The summed E-state index contributed by atoms with van der Waals surface area (Å²) in [6.45, 7) is 2.50. The molecule has 18 heavy (non-hydrogen) atoms. The first-order valence-electron chi connectivity index (χ1n) is 6.53. The zero-order valence-electron chi connectivity index (χ0n) is 10.3. The van der Waals surface area contributed by atoms with Gasteiger partial charge in [0.05, 0.1) is 6.61 Å². The molecule has 0 aromatic heterocycles. The summed E-state index contributed by atoms with van der Waals surface area (Å²) in [4.78, 5) is 2.37. The topological polar surface area (TPSA) is 32.7 Å². The molecule has 3 nitrogen and oxygen atoms in total. The van der Waals surface area contributed by atoms with Crippen LogP contribution in [-0.2, 0) is 4.74 Å². The molecule has 4 heteroatoms. The van der Waals surface area contributed by atoms with Gasteiger partial charge in [-0.05, 0) is 37.1 Å². The number of ether oxygens (including phenoxy) is 1. The van der Waals surface area contributed by atoms with Crippen molar-refractivity contribution in [3.63, 3.8) is 0 Å². The Hall–Kier alpha value is -0.970. The van der Waals surface area contributed by atoms with Crippen LogP contribution in [0.5, 0.6) is 0 Å². The van der Waals surface area contributed by atoms with E-state index >= 15 is 0 Å². The van der Waals surface area contributed by atoms with Gasteiger partial charge in [-0.1, -0.05) is 12.1 Å². The van der Waals surface area contributed by atoms with Crippen molar-refractivity contribution in [1.29, 1.82) is 0 Å². The van der Waals surface area contributed by atoms with E-state index in [-0.39, 0.29) is 11.9 Å². The van der Waals surface area contributed by atoms with Gasteiger partial charge in [-0.3, -0.25) is 4.90 Å². The molecule has 1 aromatic carbocycles. The number of hydrogen-bond donors (Lipinski definition) is 1. The van der Waals surface area contributed by atoms with Crippen molar-refractivity contribution < 1.29 is 14.2 Å². The van der Waals surface area contributed by atoms with E-state index < -0.39 is 6.10 Å². The zero-order valence-corrected chi connectivity index (χ0v) is 10.3. The van der Waals surface area contributed by atoms with E-state index in [2.05, 4.69) is 4.90 Å². The number of halogens is 1. The Kier molecular flexibility index (Phi) is 3.33. The minimum Gasteiger partial charge on any atom is -0.386 e. The summed E-state index contributed by atoms with van der Waals surface area (Å²) < 4.78 is 18.9. The molecular weight excluding hydrogens is 233 g/mol. The average Bonchev–Trinajstić information content (AvgIpc) is 2.85. The van der Waals surface area contributed by atoms with Crippen molar-refractivity contribution in [2.75, 3.05) is 19.7 Å².